The average molecular weight is 236 g/mol. The van der Waals surface area contributed by atoms with Crippen molar-refractivity contribution < 1.29 is 4.92 Å². The lowest BCUT2D eigenvalue weighted by atomic mass is 10.1. The van der Waals surface area contributed by atoms with Gasteiger partial charge in [-0.3, -0.25) is 10.1 Å². The van der Waals surface area contributed by atoms with E-state index in [4.69, 9.17) is 0 Å². The van der Waals surface area contributed by atoms with E-state index < -0.39 is 0 Å². The van der Waals surface area contributed by atoms with Gasteiger partial charge in [0.25, 0.3) is 5.69 Å². The summed E-state index contributed by atoms with van der Waals surface area (Å²) in [6, 6.07) is 6.77. The lowest BCUT2D eigenvalue weighted by Crippen LogP contribution is -2.18. The zero-order valence-electron chi connectivity index (χ0n) is 10.3. The van der Waals surface area contributed by atoms with Crippen LogP contribution in [0.3, 0.4) is 0 Å². The van der Waals surface area contributed by atoms with Crippen molar-refractivity contribution in [3.8, 4) is 0 Å². The molecule has 0 spiro atoms. The highest BCUT2D eigenvalue weighted by Crippen LogP contribution is 2.11. The van der Waals surface area contributed by atoms with E-state index in [9.17, 15) is 10.1 Å². The van der Waals surface area contributed by atoms with Crippen LogP contribution in [-0.4, -0.2) is 18.0 Å². The fourth-order valence-electron chi connectivity index (χ4n) is 1.64. The number of nitro groups is 1. The monoisotopic (exact) mass is 236 g/mol. The number of hydrogen-bond donors (Lipinski definition) is 1. The second-order valence-electron chi connectivity index (χ2n) is 4.13. The molecule has 0 aromatic heterocycles. The smallest absolute Gasteiger partial charge is 0.269 e. The van der Waals surface area contributed by atoms with Crippen LogP contribution in [0.4, 0.5) is 5.69 Å². The molecule has 0 bridgehead atoms. The maximum absolute atomic E-state index is 10.5. The summed E-state index contributed by atoms with van der Waals surface area (Å²) >= 11 is 0. The molecule has 0 saturated carbocycles. The summed E-state index contributed by atoms with van der Waals surface area (Å²) in [5.74, 6) is 0. The second-order valence-corrected chi connectivity index (χ2v) is 4.13. The Morgan fingerprint density at radius 2 is 1.88 bits per heavy atom. The second kappa shape index (κ2) is 7.79. The number of unbranched alkanes of at least 4 members (excludes halogenated alkanes) is 2. The van der Waals surface area contributed by atoms with E-state index in [0.717, 1.165) is 25.1 Å². The molecule has 1 N–H and O–H groups in total. The molecule has 4 nitrogen and oxygen atoms in total. The van der Waals surface area contributed by atoms with Gasteiger partial charge in [-0.15, -0.1) is 0 Å². The van der Waals surface area contributed by atoms with Crippen LogP contribution in [0.15, 0.2) is 24.3 Å². The van der Waals surface area contributed by atoms with Gasteiger partial charge in [-0.25, -0.2) is 0 Å². The molecule has 0 aliphatic rings. The highest BCUT2D eigenvalue weighted by Gasteiger charge is 2.03. The quantitative estimate of drug-likeness (QED) is 0.429. The third kappa shape index (κ3) is 5.45. The molecule has 0 aliphatic heterocycles. The van der Waals surface area contributed by atoms with E-state index in [1.807, 2.05) is 12.1 Å². The number of hydrogen-bond acceptors (Lipinski definition) is 3. The first-order valence-corrected chi connectivity index (χ1v) is 6.18. The van der Waals surface area contributed by atoms with Gasteiger partial charge in [0.15, 0.2) is 0 Å². The van der Waals surface area contributed by atoms with E-state index in [1.165, 1.54) is 19.3 Å². The number of nitrogens with zero attached hydrogens (tertiary/aromatic N) is 1. The Morgan fingerprint density at radius 1 is 1.18 bits per heavy atom. The lowest BCUT2D eigenvalue weighted by molar-refractivity contribution is -0.384. The number of non-ortho nitro benzene ring substituents is 1. The van der Waals surface area contributed by atoms with Crippen LogP contribution in [0.2, 0.25) is 0 Å². The molecule has 1 aromatic rings. The molecule has 0 saturated heterocycles. The lowest BCUT2D eigenvalue weighted by Gasteiger charge is -2.04. The Bertz CT molecular complexity index is 336. The van der Waals surface area contributed by atoms with Crippen molar-refractivity contribution in [2.24, 2.45) is 0 Å². The summed E-state index contributed by atoms with van der Waals surface area (Å²) in [7, 11) is 0. The van der Waals surface area contributed by atoms with Gasteiger partial charge in [0.2, 0.25) is 0 Å². The normalized spacial score (nSPS) is 10.4. The first kappa shape index (κ1) is 13.6. The van der Waals surface area contributed by atoms with Crippen molar-refractivity contribution in [2.45, 2.75) is 32.6 Å². The first-order chi connectivity index (χ1) is 8.24. The van der Waals surface area contributed by atoms with E-state index in [1.54, 1.807) is 12.1 Å². The predicted molar refractivity (Wildman–Crippen MR) is 69.2 cm³/mol. The zero-order chi connectivity index (χ0) is 12.5. The van der Waals surface area contributed by atoms with Gasteiger partial charge in [0, 0.05) is 12.1 Å². The molecule has 94 valence electrons. The largest absolute Gasteiger partial charge is 0.316 e. The number of nitro benzene ring substituents is 1. The van der Waals surface area contributed by atoms with Crippen molar-refractivity contribution in [2.75, 3.05) is 13.1 Å². The summed E-state index contributed by atoms with van der Waals surface area (Å²) < 4.78 is 0. The molecular weight excluding hydrogens is 216 g/mol. The van der Waals surface area contributed by atoms with Gasteiger partial charge in [-0.05, 0) is 31.5 Å². The minimum absolute atomic E-state index is 0.157. The molecule has 0 fully saturated rings. The molecule has 0 radical (unpaired) electrons. The molecule has 0 atom stereocenters. The predicted octanol–water partition coefficient (Wildman–Crippen LogP) is 2.92. The summed E-state index contributed by atoms with van der Waals surface area (Å²) in [5.41, 5.74) is 1.29. The minimum atomic E-state index is -0.368. The van der Waals surface area contributed by atoms with Gasteiger partial charge in [-0.2, -0.15) is 0 Å². The average Bonchev–Trinajstić information content (AvgIpc) is 2.34. The maximum atomic E-state index is 10.5. The Hall–Kier alpha value is -1.42. The van der Waals surface area contributed by atoms with Crippen molar-refractivity contribution in [3.63, 3.8) is 0 Å². The SMILES string of the molecule is CCCCCNCCc1ccc([N+](=O)[O-])cc1. The van der Waals surface area contributed by atoms with Crippen LogP contribution < -0.4 is 5.32 Å². The van der Waals surface area contributed by atoms with Crippen molar-refractivity contribution in [1.82, 2.24) is 5.32 Å². The van der Waals surface area contributed by atoms with Gasteiger partial charge >= 0.3 is 0 Å². The molecule has 0 aliphatic carbocycles. The molecule has 17 heavy (non-hydrogen) atoms. The molecule has 0 amide bonds. The summed E-state index contributed by atoms with van der Waals surface area (Å²) in [5, 5.41) is 13.8. The zero-order valence-corrected chi connectivity index (χ0v) is 10.3. The summed E-state index contributed by atoms with van der Waals surface area (Å²) in [6.45, 7) is 4.18. The van der Waals surface area contributed by atoms with Crippen LogP contribution in [-0.2, 0) is 6.42 Å². The van der Waals surface area contributed by atoms with E-state index in [-0.39, 0.29) is 10.6 Å². The van der Waals surface area contributed by atoms with E-state index in [0.29, 0.717) is 0 Å². The number of rotatable bonds is 8. The van der Waals surface area contributed by atoms with Crippen LogP contribution in [0, 0.1) is 10.1 Å². The standard InChI is InChI=1S/C13H20N2O2/c1-2-3-4-10-14-11-9-12-5-7-13(8-6-12)15(16)17/h5-8,14H,2-4,9-11H2,1H3. The number of nitrogens with one attached hydrogen (secondary N) is 1. The minimum Gasteiger partial charge on any atom is -0.316 e. The van der Waals surface area contributed by atoms with E-state index >= 15 is 0 Å². The van der Waals surface area contributed by atoms with Gasteiger partial charge in [-0.1, -0.05) is 31.9 Å². The number of benzene rings is 1. The van der Waals surface area contributed by atoms with Gasteiger partial charge in [0.1, 0.15) is 0 Å². The van der Waals surface area contributed by atoms with Crippen molar-refractivity contribution in [1.29, 1.82) is 0 Å². The van der Waals surface area contributed by atoms with Crippen molar-refractivity contribution in [3.05, 3.63) is 39.9 Å². The van der Waals surface area contributed by atoms with Gasteiger partial charge in [0.05, 0.1) is 4.92 Å². The highest BCUT2D eigenvalue weighted by molar-refractivity contribution is 5.32. The molecular formula is C13H20N2O2. The van der Waals surface area contributed by atoms with Crippen LogP contribution in [0.5, 0.6) is 0 Å². The summed E-state index contributed by atoms with van der Waals surface area (Å²) in [6.07, 6.45) is 4.65. The van der Waals surface area contributed by atoms with Crippen LogP contribution >= 0.6 is 0 Å². The van der Waals surface area contributed by atoms with E-state index in [2.05, 4.69) is 12.2 Å². The van der Waals surface area contributed by atoms with Crippen LogP contribution in [0.1, 0.15) is 31.7 Å². The molecule has 1 rings (SSSR count). The Morgan fingerprint density at radius 3 is 2.47 bits per heavy atom. The fourth-order valence-corrected chi connectivity index (χ4v) is 1.64. The first-order valence-electron chi connectivity index (χ1n) is 6.18. The summed E-state index contributed by atoms with van der Waals surface area (Å²) in [4.78, 5) is 10.1. The topological polar surface area (TPSA) is 55.2 Å². The molecule has 0 heterocycles. The maximum Gasteiger partial charge on any atom is 0.269 e. The third-order valence-electron chi connectivity index (χ3n) is 2.69. The Balaban J connectivity index is 2.21. The van der Waals surface area contributed by atoms with Crippen LogP contribution in [0.25, 0.3) is 0 Å². The fraction of sp³-hybridized carbons (Fsp3) is 0.538. The third-order valence-corrected chi connectivity index (χ3v) is 2.69. The molecule has 4 heteroatoms. The molecule has 1 aromatic carbocycles. The Labute approximate surface area is 102 Å². The molecule has 0 unspecified atom stereocenters. The van der Waals surface area contributed by atoms with Gasteiger partial charge < -0.3 is 5.32 Å². The highest BCUT2D eigenvalue weighted by atomic mass is 16.6. The van der Waals surface area contributed by atoms with Crippen molar-refractivity contribution >= 4 is 5.69 Å². The Kier molecular flexibility index (Phi) is 6.25.